The Morgan fingerprint density at radius 3 is 2.72 bits per heavy atom. The van der Waals surface area contributed by atoms with E-state index in [0.29, 0.717) is 10.6 Å². The van der Waals surface area contributed by atoms with Crippen LogP contribution in [-0.4, -0.2) is 28.7 Å². The maximum Gasteiger partial charge on any atom is 0.404 e. The van der Waals surface area contributed by atoms with E-state index in [-0.39, 0.29) is 18.3 Å². The molecule has 1 atom stereocenters. The molecular formula is C17H15N3O4S. The summed E-state index contributed by atoms with van der Waals surface area (Å²) in [5.74, 6) is -1.02. The van der Waals surface area contributed by atoms with E-state index in [0.717, 1.165) is 10.1 Å². The summed E-state index contributed by atoms with van der Waals surface area (Å²) >= 11 is 1.40. The van der Waals surface area contributed by atoms with Crippen LogP contribution in [-0.2, 0) is 9.53 Å². The van der Waals surface area contributed by atoms with Gasteiger partial charge in [-0.25, -0.2) is 4.79 Å². The highest BCUT2D eigenvalue weighted by Gasteiger charge is 2.23. The Morgan fingerprint density at radius 1 is 1.28 bits per heavy atom. The number of ether oxygens (including phenoxy) is 1. The van der Waals surface area contributed by atoms with Crippen LogP contribution >= 0.6 is 11.3 Å². The number of aromatic hydroxyl groups is 1. The number of benzene rings is 1. The number of amides is 2. The normalized spacial score (nSPS) is 11.8. The number of carbonyl (C=O) groups excluding carboxylic acids is 2. The van der Waals surface area contributed by atoms with Crippen molar-refractivity contribution in [2.24, 2.45) is 5.73 Å². The van der Waals surface area contributed by atoms with Crippen molar-refractivity contribution in [2.45, 2.75) is 5.92 Å². The first-order valence-electron chi connectivity index (χ1n) is 7.38. The van der Waals surface area contributed by atoms with Gasteiger partial charge in [0.05, 0.1) is 15.6 Å². The van der Waals surface area contributed by atoms with Gasteiger partial charge in [0.2, 0.25) is 5.91 Å². The Labute approximate surface area is 147 Å². The van der Waals surface area contributed by atoms with Gasteiger partial charge in [-0.2, -0.15) is 0 Å². The Hall–Kier alpha value is -3.13. The van der Waals surface area contributed by atoms with E-state index in [9.17, 15) is 14.7 Å². The molecule has 128 valence electrons. The highest BCUT2D eigenvalue weighted by Crippen LogP contribution is 2.30. The van der Waals surface area contributed by atoms with Crippen LogP contribution in [0.1, 0.15) is 11.5 Å². The molecule has 0 aliphatic carbocycles. The molecule has 2 heterocycles. The topological polar surface area (TPSA) is 115 Å². The second-order valence-corrected chi connectivity index (χ2v) is 6.37. The Bertz CT molecular complexity index is 875. The molecule has 25 heavy (non-hydrogen) atoms. The molecule has 0 aliphatic rings. The minimum Gasteiger partial charge on any atom is -0.508 e. The number of primary amides is 1. The monoisotopic (exact) mass is 357 g/mol. The summed E-state index contributed by atoms with van der Waals surface area (Å²) in [5, 5.41) is 13.9. The molecule has 7 nitrogen and oxygen atoms in total. The summed E-state index contributed by atoms with van der Waals surface area (Å²) in [7, 11) is 0. The number of fused-ring (bicyclic) bond motifs is 1. The molecule has 3 aromatic rings. The number of carbonyl (C=O) groups is 2. The predicted octanol–water partition coefficient (Wildman–Crippen LogP) is 2.82. The minimum absolute atomic E-state index is 0.0794. The number of rotatable bonds is 5. The molecule has 4 N–H and O–H groups in total. The lowest BCUT2D eigenvalue weighted by atomic mass is 9.99. The molecule has 0 radical (unpaired) electrons. The average Bonchev–Trinajstić information content (AvgIpc) is 2.98. The van der Waals surface area contributed by atoms with Crippen molar-refractivity contribution < 1.29 is 19.4 Å². The lowest BCUT2D eigenvalue weighted by Gasteiger charge is -2.16. The second kappa shape index (κ2) is 7.18. The van der Waals surface area contributed by atoms with Gasteiger partial charge in [0.15, 0.2) is 0 Å². The second-order valence-electron chi connectivity index (χ2n) is 5.29. The quantitative estimate of drug-likeness (QED) is 0.649. The molecule has 2 amide bonds. The lowest BCUT2D eigenvalue weighted by Crippen LogP contribution is -2.27. The van der Waals surface area contributed by atoms with Crippen molar-refractivity contribution in [1.29, 1.82) is 0 Å². The van der Waals surface area contributed by atoms with Crippen molar-refractivity contribution in [3.8, 4) is 5.75 Å². The standard InChI is InChI=1S/C17H15N3O4S/c18-17(23)24-9-13(10-1-3-12(21)4-2-10)16(22)20-15-7-11-5-6-19-8-14(11)25-15/h1-8,13,21H,9H2,(H2,18,23)(H,20,22). The maximum absolute atomic E-state index is 12.7. The van der Waals surface area contributed by atoms with Crippen LogP contribution < -0.4 is 11.1 Å². The minimum atomic E-state index is -0.954. The van der Waals surface area contributed by atoms with Gasteiger partial charge in [0, 0.05) is 12.4 Å². The first kappa shape index (κ1) is 16.7. The molecular weight excluding hydrogens is 342 g/mol. The van der Waals surface area contributed by atoms with Gasteiger partial charge >= 0.3 is 6.09 Å². The number of nitrogens with zero attached hydrogens (tertiary/aromatic N) is 1. The molecule has 0 bridgehead atoms. The number of anilines is 1. The number of nitrogens with two attached hydrogens (primary N) is 1. The molecule has 1 aromatic carbocycles. The highest BCUT2D eigenvalue weighted by molar-refractivity contribution is 7.22. The highest BCUT2D eigenvalue weighted by atomic mass is 32.1. The van der Waals surface area contributed by atoms with E-state index in [4.69, 9.17) is 10.5 Å². The third kappa shape index (κ3) is 4.04. The summed E-state index contributed by atoms with van der Waals surface area (Å²) < 4.78 is 5.77. The molecule has 0 fully saturated rings. The maximum atomic E-state index is 12.7. The number of hydrogen-bond donors (Lipinski definition) is 3. The van der Waals surface area contributed by atoms with Crippen LogP contribution in [0.2, 0.25) is 0 Å². The van der Waals surface area contributed by atoms with E-state index in [1.807, 2.05) is 12.1 Å². The molecule has 0 spiro atoms. The Kier molecular flexibility index (Phi) is 4.80. The van der Waals surface area contributed by atoms with Crippen molar-refractivity contribution in [3.05, 3.63) is 54.4 Å². The molecule has 3 rings (SSSR count). The van der Waals surface area contributed by atoms with Crippen LogP contribution in [0.25, 0.3) is 10.1 Å². The summed E-state index contributed by atoms with van der Waals surface area (Å²) in [5.41, 5.74) is 5.61. The van der Waals surface area contributed by atoms with Crippen LogP contribution in [0.5, 0.6) is 5.75 Å². The van der Waals surface area contributed by atoms with Crippen molar-refractivity contribution in [3.63, 3.8) is 0 Å². The molecule has 2 aromatic heterocycles. The number of phenolic OH excluding ortho intramolecular Hbond substituents is 1. The molecule has 0 aliphatic heterocycles. The lowest BCUT2D eigenvalue weighted by molar-refractivity contribution is -0.118. The van der Waals surface area contributed by atoms with Crippen LogP contribution in [0.15, 0.2) is 48.8 Å². The van der Waals surface area contributed by atoms with Crippen LogP contribution in [0, 0.1) is 0 Å². The van der Waals surface area contributed by atoms with Gasteiger partial charge in [-0.15, -0.1) is 11.3 Å². The number of phenols is 1. The Balaban J connectivity index is 1.82. The first-order valence-corrected chi connectivity index (χ1v) is 8.20. The number of nitrogens with one attached hydrogen (secondary N) is 1. The molecule has 1 unspecified atom stereocenters. The first-order chi connectivity index (χ1) is 12.0. The number of thiophene rings is 1. The van der Waals surface area contributed by atoms with Crippen LogP contribution in [0.4, 0.5) is 9.80 Å². The SMILES string of the molecule is NC(=O)OCC(C(=O)Nc1cc2ccncc2s1)c1ccc(O)cc1. The van der Waals surface area contributed by atoms with Gasteiger partial charge in [-0.05, 0) is 35.2 Å². The van der Waals surface area contributed by atoms with Gasteiger partial charge in [0.25, 0.3) is 0 Å². The smallest absolute Gasteiger partial charge is 0.404 e. The largest absolute Gasteiger partial charge is 0.508 e. The molecule has 0 saturated heterocycles. The fraction of sp³-hybridized carbons (Fsp3) is 0.118. The number of pyridine rings is 1. The zero-order chi connectivity index (χ0) is 17.8. The number of aromatic nitrogens is 1. The summed E-state index contributed by atoms with van der Waals surface area (Å²) in [6.45, 7) is -0.196. The van der Waals surface area contributed by atoms with Crippen LogP contribution in [0.3, 0.4) is 0 Å². The van der Waals surface area contributed by atoms with E-state index in [1.54, 1.807) is 24.5 Å². The number of hydrogen-bond acceptors (Lipinski definition) is 6. The van der Waals surface area contributed by atoms with E-state index >= 15 is 0 Å². The average molecular weight is 357 g/mol. The summed E-state index contributed by atoms with van der Waals surface area (Å²) in [4.78, 5) is 27.6. The summed E-state index contributed by atoms with van der Waals surface area (Å²) in [6, 6.07) is 9.82. The van der Waals surface area contributed by atoms with Crippen molar-refractivity contribution in [2.75, 3.05) is 11.9 Å². The zero-order valence-corrected chi connectivity index (χ0v) is 13.8. The Morgan fingerprint density at radius 2 is 2.04 bits per heavy atom. The van der Waals surface area contributed by atoms with Gasteiger partial charge in [-0.1, -0.05) is 12.1 Å². The van der Waals surface area contributed by atoms with E-state index in [1.165, 1.54) is 23.5 Å². The van der Waals surface area contributed by atoms with E-state index < -0.39 is 12.0 Å². The zero-order valence-electron chi connectivity index (χ0n) is 13.0. The third-order valence-corrected chi connectivity index (χ3v) is 4.57. The molecule has 8 heteroatoms. The van der Waals surface area contributed by atoms with E-state index in [2.05, 4.69) is 10.3 Å². The van der Waals surface area contributed by atoms with Crippen molar-refractivity contribution in [1.82, 2.24) is 4.98 Å². The predicted molar refractivity (Wildman–Crippen MR) is 94.6 cm³/mol. The van der Waals surface area contributed by atoms with Crippen molar-refractivity contribution >= 4 is 38.4 Å². The summed E-state index contributed by atoms with van der Waals surface area (Å²) in [6.07, 6.45) is 2.45. The fourth-order valence-corrected chi connectivity index (χ4v) is 3.28. The fourth-order valence-electron chi connectivity index (χ4n) is 2.35. The third-order valence-electron chi connectivity index (χ3n) is 3.57. The molecule has 0 saturated carbocycles. The van der Waals surface area contributed by atoms with Gasteiger partial charge < -0.3 is 20.9 Å². The van der Waals surface area contributed by atoms with Gasteiger partial charge in [0.1, 0.15) is 12.4 Å². The van der Waals surface area contributed by atoms with Gasteiger partial charge in [-0.3, -0.25) is 9.78 Å².